The van der Waals surface area contributed by atoms with Crippen LogP contribution in [0.1, 0.15) is 29.3 Å². The number of hydrazone groups is 1. The van der Waals surface area contributed by atoms with Crippen LogP contribution in [0, 0.1) is 0 Å². The molecule has 0 saturated heterocycles. The molecule has 5 aromatic rings. The Bertz CT molecular complexity index is 1680. The molecule has 0 aromatic heterocycles. The minimum atomic E-state index is -0.762. The maximum Gasteiger partial charge on any atom is 0.343 e. The zero-order chi connectivity index (χ0) is 27.2. The van der Waals surface area contributed by atoms with E-state index in [-0.39, 0.29) is 0 Å². The number of halogens is 1. The molecule has 0 fully saturated rings. The molecule has 0 saturated carbocycles. The van der Waals surface area contributed by atoms with Crippen molar-refractivity contribution in [3.8, 4) is 11.5 Å². The summed E-state index contributed by atoms with van der Waals surface area (Å²) in [5.41, 5.74) is 3.59. The monoisotopic (exact) mass is 580 g/mol. The highest BCUT2D eigenvalue weighted by molar-refractivity contribution is 9.10. The van der Waals surface area contributed by atoms with Crippen LogP contribution in [0.25, 0.3) is 21.5 Å². The number of carbonyl (C=O) groups is 2. The Morgan fingerprint density at radius 2 is 1.44 bits per heavy atom. The Morgan fingerprint density at radius 3 is 2.15 bits per heavy atom. The van der Waals surface area contributed by atoms with E-state index >= 15 is 0 Å². The molecule has 194 valence electrons. The molecule has 1 amide bonds. The van der Waals surface area contributed by atoms with Crippen LogP contribution < -0.4 is 14.9 Å². The van der Waals surface area contributed by atoms with E-state index in [1.54, 1.807) is 30.3 Å². The van der Waals surface area contributed by atoms with Gasteiger partial charge in [-0.25, -0.2) is 10.2 Å². The number of hydrogen-bond donors (Lipinski definition) is 1. The van der Waals surface area contributed by atoms with Crippen LogP contribution in [0.15, 0.2) is 113 Å². The molecule has 0 heterocycles. The number of rotatable bonds is 8. The van der Waals surface area contributed by atoms with E-state index < -0.39 is 18.0 Å². The lowest BCUT2D eigenvalue weighted by atomic mass is 10.0. The topological polar surface area (TPSA) is 77.0 Å². The number of nitrogens with zero attached hydrogens (tertiary/aromatic N) is 1. The van der Waals surface area contributed by atoms with Gasteiger partial charge in [-0.3, -0.25) is 4.79 Å². The highest BCUT2D eigenvalue weighted by atomic mass is 79.9. The van der Waals surface area contributed by atoms with Crippen molar-refractivity contribution < 1.29 is 19.1 Å². The summed E-state index contributed by atoms with van der Waals surface area (Å²) in [7, 11) is 0. The zero-order valence-electron chi connectivity index (χ0n) is 21.1. The normalized spacial score (nSPS) is 11.9. The van der Waals surface area contributed by atoms with Crippen LogP contribution in [0.5, 0.6) is 11.5 Å². The van der Waals surface area contributed by atoms with E-state index in [1.165, 1.54) is 6.21 Å². The molecule has 0 bridgehead atoms. The van der Waals surface area contributed by atoms with Crippen molar-refractivity contribution in [3.63, 3.8) is 0 Å². The SMILES string of the molecule is CCC(Oc1ccc2ccccc2c1Br)C(=O)NN=Cc1c(OC(=O)c2ccccc2)ccc2ccccc12. The first-order valence-electron chi connectivity index (χ1n) is 12.5. The average Bonchev–Trinajstić information content (AvgIpc) is 2.98. The molecular weight excluding hydrogens is 556 g/mol. The van der Waals surface area contributed by atoms with E-state index in [9.17, 15) is 9.59 Å². The molecule has 5 rings (SSSR count). The molecule has 0 spiro atoms. The Labute approximate surface area is 234 Å². The number of carbonyl (C=O) groups excluding carboxylic acids is 2. The summed E-state index contributed by atoms with van der Waals surface area (Å²) in [5.74, 6) is 0.0367. The number of hydrogen-bond acceptors (Lipinski definition) is 5. The Kier molecular flexibility index (Phi) is 7.99. The molecule has 1 atom stereocenters. The summed E-state index contributed by atoms with van der Waals surface area (Å²) in [5, 5.41) is 8.05. The molecule has 0 aliphatic carbocycles. The van der Waals surface area contributed by atoms with Crippen molar-refractivity contribution in [2.75, 3.05) is 0 Å². The lowest BCUT2D eigenvalue weighted by Gasteiger charge is -2.17. The number of amides is 1. The third-order valence-electron chi connectivity index (χ3n) is 6.27. The predicted octanol–water partition coefficient (Wildman–Crippen LogP) is 7.28. The third kappa shape index (κ3) is 5.84. The van der Waals surface area contributed by atoms with Gasteiger partial charge in [-0.15, -0.1) is 0 Å². The smallest absolute Gasteiger partial charge is 0.343 e. The second kappa shape index (κ2) is 11.9. The van der Waals surface area contributed by atoms with Gasteiger partial charge < -0.3 is 9.47 Å². The van der Waals surface area contributed by atoms with Crippen molar-refractivity contribution in [2.24, 2.45) is 5.10 Å². The van der Waals surface area contributed by atoms with Crippen LogP contribution in [-0.2, 0) is 4.79 Å². The fourth-order valence-corrected chi connectivity index (χ4v) is 4.83. The molecule has 6 nitrogen and oxygen atoms in total. The van der Waals surface area contributed by atoms with Crippen LogP contribution in [0.4, 0.5) is 0 Å². The Morgan fingerprint density at radius 1 is 0.821 bits per heavy atom. The Balaban J connectivity index is 1.36. The van der Waals surface area contributed by atoms with Crippen LogP contribution in [-0.4, -0.2) is 24.2 Å². The fraction of sp³-hybridized carbons (Fsp3) is 0.0938. The zero-order valence-corrected chi connectivity index (χ0v) is 22.7. The van der Waals surface area contributed by atoms with Crippen molar-refractivity contribution in [3.05, 3.63) is 119 Å². The van der Waals surface area contributed by atoms with Gasteiger partial charge in [0, 0.05) is 5.56 Å². The summed E-state index contributed by atoms with van der Waals surface area (Å²) >= 11 is 3.61. The third-order valence-corrected chi connectivity index (χ3v) is 7.09. The molecule has 7 heteroatoms. The van der Waals surface area contributed by atoms with Crippen molar-refractivity contribution in [2.45, 2.75) is 19.4 Å². The Hall–Kier alpha value is -4.49. The van der Waals surface area contributed by atoms with Crippen LogP contribution >= 0.6 is 15.9 Å². The van der Waals surface area contributed by atoms with E-state index in [4.69, 9.17) is 9.47 Å². The number of ether oxygens (including phenoxy) is 2. The quantitative estimate of drug-likeness (QED) is 0.0905. The number of nitrogens with one attached hydrogen (secondary N) is 1. The summed E-state index contributed by atoms with van der Waals surface area (Å²) < 4.78 is 12.6. The van der Waals surface area contributed by atoms with Gasteiger partial charge in [-0.1, -0.05) is 85.8 Å². The highest BCUT2D eigenvalue weighted by Gasteiger charge is 2.20. The van der Waals surface area contributed by atoms with Crippen LogP contribution in [0.2, 0.25) is 0 Å². The highest BCUT2D eigenvalue weighted by Crippen LogP contribution is 2.34. The van der Waals surface area contributed by atoms with Gasteiger partial charge in [0.1, 0.15) is 11.5 Å². The van der Waals surface area contributed by atoms with Gasteiger partial charge in [0.2, 0.25) is 0 Å². The maximum absolute atomic E-state index is 13.0. The molecule has 1 N–H and O–H groups in total. The lowest BCUT2D eigenvalue weighted by molar-refractivity contribution is -0.128. The largest absolute Gasteiger partial charge is 0.479 e. The first kappa shape index (κ1) is 26.1. The molecule has 0 aliphatic heterocycles. The van der Waals surface area contributed by atoms with Gasteiger partial charge in [-0.05, 0) is 68.2 Å². The predicted molar refractivity (Wildman–Crippen MR) is 157 cm³/mol. The van der Waals surface area contributed by atoms with Crippen molar-refractivity contribution in [1.29, 1.82) is 0 Å². The molecule has 1 unspecified atom stereocenters. The first-order valence-corrected chi connectivity index (χ1v) is 13.3. The second-order valence-electron chi connectivity index (χ2n) is 8.80. The lowest BCUT2D eigenvalue weighted by Crippen LogP contribution is -2.35. The van der Waals surface area contributed by atoms with E-state index in [1.807, 2.05) is 79.7 Å². The van der Waals surface area contributed by atoms with Crippen molar-refractivity contribution in [1.82, 2.24) is 5.43 Å². The summed E-state index contributed by atoms with van der Waals surface area (Å²) in [6.07, 6.45) is 1.17. The number of benzene rings is 5. The van der Waals surface area contributed by atoms with E-state index in [2.05, 4.69) is 26.5 Å². The summed E-state index contributed by atoms with van der Waals surface area (Å²) in [6.45, 7) is 1.87. The van der Waals surface area contributed by atoms with E-state index in [0.29, 0.717) is 29.0 Å². The van der Waals surface area contributed by atoms with Gasteiger partial charge in [0.15, 0.2) is 6.10 Å². The minimum absolute atomic E-state index is 0.337. The average molecular weight is 581 g/mol. The minimum Gasteiger partial charge on any atom is -0.479 e. The van der Waals surface area contributed by atoms with Gasteiger partial charge in [0.25, 0.3) is 5.91 Å². The summed E-state index contributed by atoms with van der Waals surface area (Å²) in [6, 6.07) is 31.8. The van der Waals surface area contributed by atoms with Gasteiger partial charge in [0.05, 0.1) is 16.3 Å². The number of fused-ring (bicyclic) bond motifs is 2. The standard InChI is InChI=1S/C32H25BrN2O4/c1-2-27(38-29-19-17-22-11-7-9-15-25(22)30(29)33)31(36)35-34-20-26-24-14-8-6-10-21(24)16-18-28(26)39-32(37)23-12-4-3-5-13-23/h3-20,27H,2H2,1H3,(H,35,36). The summed E-state index contributed by atoms with van der Waals surface area (Å²) in [4.78, 5) is 25.7. The molecule has 39 heavy (non-hydrogen) atoms. The molecular formula is C32H25BrN2O4. The number of esters is 1. The second-order valence-corrected chi connectivity index (χ2v) is 9.59. The van der Waals surface area contributed by atoms with Crippen molar-refractivity contribution >= 4 is 55.6 Å². The molecule has 0 aliphatic rings. The maximum atomic E-state index is 13.0. The molecule has 0 radical (unpaired) electrons. The first-order chi connectivity index (χ1) is 19.0. The van der Waals surface area contributed by atoms with Gasteiger partial charge in [-0.2, -0.15) is 5.10 Å². The van der Waals surface area contributed by atoms with E-state index in [0.717, 1.165) is 26.0 Å². The van der Waals surface area contributed by atoms with Gasteiger partial charge >= 0.3 is 5.97 Å². The van der Waals surface area contributed by atoms with Crippen LogP contribution in [0.3, 0.4) is 0 Å². The fourth-order valence-electron chi connectivity index (χ4n) is 4.24. The molecule has 5 aromatic carbocycles.